The molecule has 1 unspecified atom stereocenters. The predicted octanol–water partition coefficient (Wildman–Crippen LogP) is 3.70. The predicted molar refractivity (Wildman–Crippen MR) is 117 cm³/mol. The molecule has 1 fully saturated rings. The summed E-state index contributed by atoms with van der Waals surface area (Å²) in [6.07, 6.45) is 2.35. The molecule has 2 heterocycles. The smallest absolute Gasteiger partial charge is 0.319 e. The molecule has 9 heteroatoms. The summed E-state index contributed by atoms with van der Waals surface area (Å²) in [4.78, 5) is 23.3. The second-order valence-corrected chi connectivity index (χ2v) is 7.40. The van der Waals surface area contributed by atoms with Crippen LogP contribution in [0.15, 0.2) is 42.7 Å². The van der Waals surface area contributed by atoms with Gasteiger partial charge in [-0.3, -0.25) is 0 Å². The van der Waals surface area contributed by atoms with Gasteiger partial charge in [-0.2, -0.15) is 0 Å². The number of benzene rings is 2. The summed E-state index contributed by atoms with van der Waals surface area (Å²) < 4.78 is 10.8. The van der Waals surface area contributed by atoms with Gasteiger partial charge in [0.1, 0.15) is 12.1 Å². The molecule has 2 N–H and O–H groups in total. The number of amides is 2. The number of rotatable bonds is 5. The van der Waals surface area contributed by atoms with Crippen LogP contribution in [0.3, 0.4) is 0 Å². The number of nitrogens with zero attached hydrogens (tertiary/aromatic N) is 3. The highest BCUT2D eigenvalue weighted by Crippen LogP contribution is 2.35. The first kappa shape index (κ1) is 20.0. The fourth-order valence-electron chi connectivity index (χ4n) is 3.58. The maximum absolute atomic E-state index is 12.3. The zero-order valence-electron chi connectivity index (χ0n) is 16.7. The minimum Gasteiger partial charge on any atom is -0.493 e. The highest BCUT2D eigenvalue weighted by molar-refractivity contribution is 6.30. The normalized spacial score (nSPS) is 15.8. The van der Waals surface area contributed by atoms with Crippen LogP contribution in [0.5, 0.6) is 11.5 Å². The van der Waals surface area contributed by atoms with Crippen LogP contribution in [-0.4, -0.2) is 49.4 Å². The zero-order chi connectivity index (χ0) is 21.1. The van der Waals surface area contributed by atoms with E-state index in [4.69, 9.17) is 21.1 Å². The lowest BCUT2D eigenvalue weighted by Crippen LogP contribution is -2.39. The van der Waals surface area contributed by atoms with E-state index in [1.807, 2.05) is 12.1 Å². The van der Waals surface area contributed by atoms with Crippen LogP contribution in [0.1, 0.15) is 6.42 Å². The summed E-state index contributed by atoms with van der Waals surface area (Å²) in [6, 6.07) is 10.5. The Labute approximate surface area is 179 Å². The Morgan fingerprint density at radius 3 is 2.60 bits per heavy atom. The fraction of sp³-hybridized carbons (Fsp3) is 0.286. The highest BCUT2D eigenvalue weighted by Gasteiger charge is 2.26. The second-order valence-electron chi connectivity index (χ2n) is 6.96. The fourth-order valence-corrected chi connectivity index (χ4v) is 3.70. The van der Waals surface area contributed by atoms with E-state index < -0.39 is 0 Å². The maximum Gasteiger partial charge on any atom is 0.319 e. The van der Waals surface area contributed by atoms with Gasteiger partial charge in [0.15, 0.2) is 11.5 Å². The molecule has 4 rings (SSSR count). The zero-order valence-corrected chi connectivity index (χ0v) is 17.4. The molecule has 3 aromatic rings. The molecule has 0 aliphatic carbocycles. The molecule has 0 bridgehead atoms. The van der Waals surface area contributed by atoms with Crippen LogP contribution in [0.2, 0.25) is 5.02 Å². The van der Waals surface area contributed by atoms with E-state index in [2.05, 4.69) is 25.5 Å². The lowest BCUT2D eigenvalue weighted by Gasteiger charge is -2.20. The van der Waals surface area contributed by atoms with Crippen LogP contribution in [0, 0.1) is 0 Å². The summed E-state index contributed by atoms with van der Waals surface area (Å²) in [5.74, 6) is 2.05. The molecule has 1 atom stereocenters. The first-order chi connectivity index (χ1) is 14.6. The minimum absolute atomic E-state index is 0.00228. The third kappa shape index (κ3) is 4.18. The molecule has 8 nitrogen and oxygen atoms in total. The van der Waals surface area contributed by atoms with Gasteiger partial charge in [0, 0.05) is 41.3 Å². The number of aromatic nitrogens is 2. The summed E-state index contributed by atoms with van der Waals surface area (Å²) in [5.41, 5.74) is 1.46. The summed E-state index contributed by atoms with van der Waals surface area (Å²) in [7, 11) is 3.19. The summed E-state index contributed by atoms with van der Waals surface area (Å²) >= 11 is 5.88. The number of ether oxygens (including phenoxy) is 2. The van der Waals surface area contributed by atoms with E-state index in [9.17, 15) is 4.79 Å². The molecule has 0 radical (unpaired) electrons. The molecular formula is C21H22ClN5O3. The number of carbonyl (C=O) groups excluding carboxylic acids is 1. The minimum atomic E-state index is -0.247. The van der Waals surface area contributed by atoms with Crippen molar-refractivity contribution in [3.8, 4) is 11.5 Å². The average Bonchev–Trinajstić information content (AvgIpc) is 3.21. The second kappa shape index (κ2) is 8.62. The van der Waals surface area contributed by atoms with Crippen molar-refractivity contribution in [1.29, 1.82) is 0 Å². The molecule has 1 aliphatic rings. The molecule has 2 amide bonds. The molecule has 2 aromatic carbocycles. The molecule has 1 aromatic heterocycles. The van der Waals surface area contributed by atoms with E-state index in [0.717, 1.165) is 29.7 Å². The van der Waals surface area contributed by atoms with Crippen LogP contribution < -0.4 is 25.0 Å². The van der Waals surface area contributed by atoms with Gasteiger partial charge in [0.2, 0.25) is 0 Å². The van der Waals surface area contributed by atoms with Gasteiger partial charge in [0.05, 0.1) is 19.7 Å². The first-order valence-electron chi connectivity index (χ1n) is 9.52. The largest absolute Gasteiger partial charge is 0.493 e. The number of carbonyl (C=O) groups is 1. The topological polar surface area (TPSA) is 88.6 Å². The number of hydrogen-bond acceptors (Lipinski definition) is 6. The van der Waals surface area contributed by atoms with Gasteiger partial charge in [-0.15, -0.1) is 0 Å². The van der Waals surface area contributed by atoms with Crippen molar-refractivity contribution in [1.82, 2.24) is 15.3 Å². The van der Waals surface area contributed by atoms with Crippen molar-refractivity contribution in [2.45, 2.75) is 12.5 Å². The number of hydrogen-bond donors (Lipinski definition) is 2. The van der Waals surface area contributed by atoms with Crippen LogP contribution in [0.4, 0.5) is 16.3 Å². The van der Waals surface area contributed by atoms with Gasteiger partial charge in [-0.25, -0.2) is 14.8 Å². The van der Waals surface area contributed by atoms with Crippen molar-refractivity contribution in [3.63, 3.8) is 0 Å². The third-order valence-electron chi connectivity index (χ3n) is 5.04. The molecule has 0 saturated carbocycles. The van der Waals surface area contributed by atoms with Gasteiger partial charge in [-0.1, -0.05) is 11.6 Å². The van der Waals surface area contributed by atoms with E-state index >= 15 is 0 Å². The molecule has 1 saturated heterocycles. The van der Waals surface area contributed by atoms with Crippen LogP contribution in [0.25, 0.3) is 10.9 Å². The quantitative estimate of drug-likeness (QED) is 0.645. The van der Waals surface area contributed by atoms with Gasteiger partial charge in [0.25, 0.3) is 0 Å². The van der Waals surface area contributed by atoms with Gasteiger partial charge >= 0.3 is 6.03 Å². The maximum atomic E-state index is 12.3. The number of methoxy groups -OCH3 is 2. The Kier molecular flexibility index (Phi) is 5.76. The SMILES string of the molecule is COc1cc2ncnc(N3CCC(NC(=O)Nc4ccc(Cl)cc4)C3)c2cc1OC. The summed E-state index contributed by atoms with van der Waals surface area (Å²) in [5, 5.41) is 7.34. The van der Waals surface area contributed by atoms with Crippen molar-refractivity contribution in [2.75, 3.05) is 37.5 Å². The molecular weight excluding hydrogens is 406 g/mol. The van der Waals surface area contributed by atoms with Crippen molar-refractivity contribution in [3.05, 3.63) is 47.7 Å². The molecule has 30 heavy (non-hydrogen) atoms. The highest BCUT2D eigenvalue weighted by atomic mass is 35.5. The van der Waals surface area contributed by atoms with Crippen LogP contribution in [-0.2, 0) is 0 Å². The number of urea groups is 1. The number of nitrogens with one attached hydrogen (secondary N) is 2. The van der Waals surface area contributed by atoms with Crippen molar-refractivity contribution >= 4 is 40.0 Å². The lowest BCUT2D eigenvalue weighted by atomic mass is 10.2. The molecule has 0 spiro atoms. The van der Waals surface area contributed by atoms with E-state index in [1.165, 1.54) is 6.33 Å². The Morgan fingerprint density at radius 2 is 1.87 bits per heavy atom. The van der Waals surface area contributed by atoms with E-state index in [-0.39, 0.29) is 12.1 Å². The monoisotopic (exact) mass is 427 g/mol. The third-order valence-corrected chi connectivity index (χ3v) is 5.30. The van der Waals surface area contributed by atoms with E-state index in [1.54, 1.807) is 38.5 Å². The van der Waals surface area contributed by atoms with Crippen LogP contribution >= 0.6 is 11.6 Å². The summed E-state index contributed by atoms with van der Waals surface area (Å²) in [6.45, 7) is 1.42. The molecule has 156 valence electrons. The van der Waals surface area contributed by atoms with Gasteiger partial charge in [-0.05, 0) is 36.8 Å². The number of anilines is 2. The Morgan fingerprint density at radius 1 is 1.13 bits per heavy atom. The first-order valence-corrected chi connectivity index (χ1v) is 9.90. The lowest BCUT2D eigenvalue weighted by molar-refractivity contribution is 0.249. The molecule has 1 aliphatic heterocycles. The number of halogens is 1. The standard InChI is InChI=1S/C21H22ClN5O3/c1-29-18-9-16-17(10-19(18)30-2)23-12-24-20(16)27-8-7-15(11-27)26-21(28)25-14-5-3-13(22)4-6-14/h3-6,9-10,12,15H,7-8,11H2,1-2H3,(H2,25,26,28). The Bertz CT molecular complexity index is 1060. The van der Waals surface area contributed by atoms with Gasteiger partial charge < -0.3 is 25.0 Å². The number of fused-ring (bicyclic) bond motifs is 1. The Balaban J connectivity index is 1.47. The Hall–Kier alpha value is -3.26. The average molecular weight is 428 g/mol. The van der Waals surface area contributed by atoms with E-state index in [0.29, 0.717) is 28.8 Å². The van der Waals surface area contributed by atoms with Crippen molar-refractivity contribution < 1.29 is 14.3 Å². The van der Waals surface area contributed by atoms with Crippen molar-refractivity contribution in [2.24, 2.45) is 0 Å².